The Morgan fingerprint density at radius 1 is 1.18 bits per heavy atom. The molecule has 5 heteroatoms. The lowest BCUT2D eigenvalue weighted by Gasteiger charge is -2.20. The highest BCUT2D eigenvalue weighted by Gasteiger charge is 2.17. The predicted octanol–water partition coefficient (Wildman–Crippen LogP) is 1.20. The molecule has 0 aliphatic rings. The van der Waals surface area contributed by atoms with Crippen molar-refractivity contribution in [1.29, 1.82) is 0 Å². The van der Waals surface area contributed by atoms with Crippen LogP contribution in [0.4, 0.5) is 0 Å². The van der Waals surface area contributed by atoms with E-state index in [-0.39, 0.29) is 30.1 Å². The third kappa shape index (κ3) is 8.42. The molecule has 5 nitrogen and oxygen atoms in total. The van der Waals surface area contributed by atoms with Gasteiger partial charge in [-0.15, -0.1) is 0 Å². The van der Waals surface area contributed by atoms with Crippen LogP contribution in [-0.2, 0) is 19.1 Å². The fourth-order valence-corrected chi connectivity index (χ4v) is 1.04. The van der Waals surface area contributed by atoms with Crippen LogP contribution >= 0.6 is 0 Å². The summed E-state index contributed by atoms with van der Waals surface area (Å²) in [4.78, 5) is 33.5. The van der Waals surface area contributed by atoms with E-state index < -0.39 is 12.1 Å². The summed E-state index contributed by atoms with van der Waals surface area (Å²) in [5, 5.41) is 2.74. The second kappa shape index (κ2) is 6.37. The minimum absolute atomic E-state index is 0.0144. The van der Waals surface area contributed by atoms with Crippen molar-refractivity contribution in [2.75, 3.05) is 0 Å². The van der Waals surface area contributed by atoms with Crippen LogP contribution in [0.5, 0.6) is 0 Å². The van der Waals surface area contributed by atoms with Gasteiger partial charge in [0.15, 0.2) is 11.9 Å². The van der Waals surface area contributed by atoms with Gasteiger partial charge in [0.05, 0.1) is 6.42 Å². The quantitative estimate of drug-likeness (QED) is 0.736. The first-order valence-corrected chi connectivity index (χ1v) is 5.63. The van der Waals surface area contributed by atoms with Gasteiger partial charge in [0.25, 0.3) is 0 Å². The number of hydrogen-bond donors (Lipinski definition) is 1. The van der Waals surface area contributed by atoms with Crippen LogP contribution in [0, 0.1) is 0 Å². The molecule has 0 fully saturated rings. The summed E-state index contributed by atoms with van der Waals surface area (Å²) in [7, 11) is 0. The second-order valence-electron chi connectivity index (χ2n) is 5.04. The van der Waals surface area contributed by atoms with Gasteiger partial charge in [0.2, 0.25) is 5.91 Å². The number of carbonyl (C=O) groups is 3. The van der Waals surface area contributed by atoms with E-state index in [0.717, 1.165) is 0 Å². The highest BCUT2D eigenvalue weighted by molar-refractivity contribution is 5.85. The Hall–Kier alpha value is -1.39. The van der Waals surface area contributed by atoms with Gasteiger partial charge in [-0.1, -0.05) is 0 Å². The van der Waals surface area contributed by atoms with Gasteiger partial charge in [-0.05, 0) is 34.6 Å². The van der Waals surface area contributed by atoms with E-state index in [1.807, 2.05) is 20.8 Å². The number of Topliss-reactive ketones (excluding diaryl/α,β-unsaturated/α-hetero) is 1. The van der Waals surface area contributed by atoms with Crippen molar-refractivity contribution in [2.24, 2.45) is 0 Å². The zero-order valence-electron chi connectivity index (χ0n) is 11.1. The monoisotopic (exact) mass is 243 g/mol. The van der Waals surface area contributed by atoms with E-state index in [1.165, 1.54) is 13.8 Å². The van der Waals surface area contributed by atoms with Gasteiger partial charge in [0.1, 0.15) is 0 Å². The molecular formula is C12H21NO4. The van der Waals surface area contributed by atoms with Gasteiger partial charge in [-0.25, -0.2) is 0 Å². The molecule has 17 heavy (non-hydrogen) atoms. The van der Waals surface area contributed by atoms with E-state index in [4.69, 9.17) is 4.74 Å². The normalized spacial score (nSPS) is 12.8. The average Bonchev–Trinajstić information content (AvgIpc) is 2.11. The Balaban J connectivity index is 3.93. The van der Waals surface area contributed by atoms with E-state index in [0.29, 0.717) is 0 Å². The topological polar surface area (TPSA) is 72.5 Å². The molecule has 0 aliphatic carbocycles. The van der Waals surface area contributed by atoms with E-state index >= 15 is 0 Å². The zero-order valence-corrected chi connectivity index (χ0v) is 11.1. The number of nitrogens with one attached hydrogen (secondary N) is 1. The van der Waals surface area contributed by atoms with Crippen molar-refractivity contribution >= 4 is 17.7 Å². The van der Waals surface area contributed by atoms with Crippen LogP contribution in [0.3, 0.4) is 0 Å². The summed E-state index contributed by atoms with van der Waals surface area (Å²) in [6, 6.07) is 0. The third-order valence-electron chi connectivity index (χ3n) is 1.95. The van der Waals surface area contributed by atoms with Crippen molar-refractivity contribution in [1.82, 2.24) is 5.32 Å². The van der Waals surface area contributed by atoms with Gasteiger partial charge in [0, 0.05) is 12.0 Å². The summed E-state index contributed by atoms with van der Waals surface area (Å²) in [6.45, 7) is 8.45. The summed E-state index contributed by atoms with van der Waals surface area (Å²) >= 11 is 0. The van der Waals surface area contributed by atoms with E-state index in [2.05, 4.69) is 5.32 Å². The molecule has 0 bridgehead atoms. The molecule has 0 rings (SSSR count). The van der Waals surface area contributed by atoms with Gasteiger partial charge >= 0.3 is 5.97 Å². The SMILES string of the molecule is CC(=O)C(C)OC(=O)CCC(=O)NC(C)(C)C. The standard InChI is InChI=1S/C12H21NO4/c1-8(14)9(2)17-11(16)7-6-10(15)13-12(3,4)5/h9H,6-7H2,1-5H3,(H,13,15). The Labute approximate surface area is 102 Å². The number of ketones is 1. The molecule has 98 valence electrons. The van der Waals surface area contributed by atoms with Crippen LogP contribution < -0.4 is 5.32 Å². The molecule has 0 saturated carbocycles. The maximum absolute atomic E-state index is 11.4. The molecule has 0 radical (unpaired) electrons. The molecule has 0 saturated heterocycles. The van der Waals surface area contributed by atoms with Crippen LogP contribution in [0.1, 0.15) is 47.5 Å². The summed E-state index contributed by atoms with van der Waals surface area (Å²) < 4.78 is 4.82. The molecule has 0 heterocycles. The van der Waals surface area contributed by atoms with Crippen LogP contribution in [-0.4, -0.2) is 29.3 Å². The number of carbonyl (C=O) groups excluding carboxylic acids is 3. The van der Waals surface area contributed by atoms with Gasteiger partial charge in [-0.3, -0.25) is 14.4 Å². The molecule has 1 atom stereocenters. The van der Waals surface area contributed by atoms with Crippen LogP contribution in [0.25, 0.3) is 0 Å². The fraction of sp³-hybridized carbons (Fsp3) is 0.750. The lowest BCUT2D eigenvalue weighted by Crippen LogP contribution is -2.40. The number of hydrogen-bond acceptors (Lipinski definition) is 4. The average molecular weight is 243 g/mol. The zero-order chi connectivity index (χ0) is 13.6. The first-order chi connectivity index (χ1) is 7.61. The highest BCUT2D eigenvalue weighted by Crippen LogP contribution is 2.02. The van der Waals surface area contributed by atoms with Gasteiger partial charge in [-0.2, -0.15) is 0 Å². The van der Waals surface area contributed by atoms with E-state index in [9.17, 15) is 14.4 Å². The Morgan fingerprint density at radius 3 is 2.12 bits per heavy atom. The van der Waals surface area contributed by atoms with Crippen molar-refractivity contribution in [3.8, 4) is 0 Å². The summed E-state index contributed by atoms with van der Waals surface area (Å²) in [5.41, 5.74) is -0.312. The number of amides is 1. The van der Waals surface area contributed by atoms with Crippen molar-refractivity contribution in [3.05, 3.63) is 0 Å². The third-order valence-corrected chi connectivity index (χ3v) is 1.95. The molecule has 1 amide bonds. The molecule has 1 unspecified atom stereocenters. The molecule has 0 aromatic heterocycles. The van der Waals surface area contributed by atoms with Crippen molar-refractivity contribution in [2.45, 2.75) is 59.1 Å². The molecule has 1 N–H and O–H groups in total. The molecule has 0 aromatic rings. The first-order valence-electron chi connectivity index (χ1n) is 5.63. The maximum atomic E-state index is 11.4. The highest BCUT2D eigenvalue weighted by atomic mass is 16.5. The van der Waals surface area contributed by atoms with E-state index in [1.54, 1.807) is 0 Å². The minimum Gasteiger partial charge on any atom is -0.455 e. The predicted molar refractivity (Wildman–Crippen MR) is 63.4 cm³/mol. The fourth-order valence-electron chi connectivity index (χ4n) is 1.04. The lowest BCUT2D eigenvalue weighted by molar-refractivity contribution is -0.154. The molecule has 0 spiro atoms. The summed E-state index contributed by atoms with van der Waals surface area (Å²) in [6.07, 6.45) is -0.687. The Bertz CT molecular complexity index is 304. The molecule has 0 aliphatic heterocycles. The Kier molecular flexibility index (Phi) is 5.85. The Morgan fingerprint density at radius 2 is 1.71 bits per heavy atom. The van der Waals surface area contributed by atoms with Crippen molar-refractivity contribution in [3.63, 3.8) is 0 Å². The number of esters is 1. The van der Waals surface area contributed by atoms with Crippen LogP contribution in [0.15, 0.2) is 0 Å². The van der Waals surface area contributed by atoms with Crippen LogP contribution in [0.2, 0.25) is 0 Å². The van der Waals surface area contributed by atoms with Crippen molar-refractivity contribution < 1.29 is 19.1 Å². The molecular weight excluding hydrogens is 222 g/mol. The first kappa shape index (κ1) is 15.6. The minimum atomic E-state index is -0.742. The number of ether oxygens (including phenoxy) is 1. The summed E-state index contributed by atoms with van der Waals surface area (Å²) in [5.74, 6) is -0.945. The lowest BCUT2D eigenvalue weighted by atomic mass is 10.1. The molecule has 0 aromatic carbocycles. The smallest absolute Gasteiger partial charge is 0.307 e. The second-order valence-corrected chi connectivity index (χ2v) is 5.04. The largest absolute Gasteiger partial charge is 0.455 e. The van der Waals surface area contributed by atoms with Gasteiger partial charge < -0.3 is 10.1 Å². The maximum Gasteiger partial charge on any atom is 0.307 e. The number of rotatable bonds is 5.